The van der Waals surface area contributed by atoms with Crippen molar-refractivity contribution in [1.29, 1.82) is 0 Å². The number of aliphatic hydroxyl groups excluding tert-OH is 1. The lowest BCUT2D eigenvalue weighted by molar-refractivity contribution is 0.222. The molecule has 1 aliphatic heterocycles. The second-order valence-corrected chi connectivity index (χ2v) is 7.82. The van der Waals surface area contributed by atoms with E-state index in [9.17, 15) is 8.42 Å². The smallest absolute Gasteiger partial charge is 0.246 e. The molecule has 0 aliphatic carbocycles. The average Bonchev–Trinajstić information content (AvgIpc) is 2.45. The number of nitrogens with zero attached hydrogens (tertiary/aromatic N) is 1. The molecule has 1 aromatic rings. The molecule has 1 heterocycles. The maximum absolute atomic E-state index is 12.8. The van der Waals surface area contributed by atoms with Gasteiger partial charge in [-0.15, -0.1) is 0 Å². The van der Waals surface area contributed by atoms with Crippen molar-refractivity contribution in [2.24, 2.45) is 11.8 Å². The van der Waals surface area contributed by atoms with Crippen LogP contribution in [0, 0.1) is 11.8 Å². The monoisotopic (exact) mass is 313 g/mol. The van der Waals surface area contributed by atoms with Gasteiger partial charge in [-0.3, -0.25) is 0 Å². The molecule has 1 N–H and O–H groups in total. The molecule has 1 aromatic carbocycles. The summed E-state index contributed by atoms with van der Waals surface area (Å²) in [5.74, 6) is 0.991. The fourth-order valence-electron chi connectivity index (χ4n) is 2.96. The Labute approximate surface area is 126 Å². The predicted molar refractivity (Wildman–Crippen MR) is 80.6 cm³/mol. The fourth-order valence-corrected chi connectivity index (χ4v) is 4.78. The van der Waals surface area contributed by atoms with Crippen molar-refractivity contribution in [2.75, 3.05) is 20.2 Å². The third-order valence-corrected chi connectivity index (χ3v) is 5.73. The molecule has 0 bridgehead atoms. The van der Waals surface area contributed by atoms with Crippen LogP contribution in [0.5, 0.6) is 5.75 Å². The van der Waals surface area contributed by atoms with Gasteiger partial charge in [-0.1, -0.05) is 19.9 Å². The van der Waals surface area contributed by atoms with E-state index in [1.165, 1.54) is 13.2 Å². The lowest BCUT2D eigenvalue weighted by Crippen LogP contribution is -2.42. The van der Waals surface area contributed by atoms with Gasteiger partial charge < -0.3 is 9.84 Å². The minimum Gasteiger partial charge on any atom is -0.495 e. The van der Waals surface area contributed by atoms with Crippen molar-refractivity contribution in [3.05, 3.63) is 23.8 Å². The van der Waals surface area contributed by atoms with E-state index in [0.29, 0.717) is 30.5 Å². The molecule has 0 aromatic heterocycles. The number of benzene rings is 1. The zero-order valence-corrected chi connectivity index (χ0v) is 13.6. The van der Waals surface area contributed by atoms with Crippen LogP contribution >= 0.6 is 0 Å². The SMILES string of the molecule is COc1cc(CO)ccc1S(=O)(=O)N1CC(C)CC(C)C1. The minimum atomic E-state index is -3.57. The molecule has 0 saturated carbocycles. The molecule has 2 rings (SSSR count). The molecule has 2 atom stereocenters. The van der Waals surface area contributed by atoms with Gasteiger partial charge in [0.05, 0.1) is 13.7 Å². The number of rotatable bonds is 4. The molecule has 1 aliphatic rings. The Hall–Kier alpha value is -1.11. The highest BCUT2D eigenvalue weighted by molar-refractivity contribution is 7.89. The second-order valence-electron chi connectivity index (χ2n) is 5.91. The summed E-state index contributed by atoms with van der Waals surface area (Å²) in [5.41, 5.74) is 0.631. The highest BCUT2D eigenvalue weighted by atomic mass is 32.2. The Morgan fingerprint density at radius 3 is 2.43 bits per heavy atom. The normalized spacial score (nSPS) is 24.0. The lowest BCUT2D eigenvalue weighted by Gasteiger charge is -2.34. The van der Waals surface area contributed by atoms with Crippen LogP contribution in [0.1, 0.15) is 25.8 Å². The van der Waals surface area contributed by atoms with Crippen LogP contribution in [-0.2, 0) is 16.6 Å². The van der Waals surface area contributed by atoms with Crippen molar-refractivity contribution < 1.29 is 18.3 Å². The highest BCUT2D eigenvalue weighted by Gasteiger charge is 2.33. The van der Waals surface area contributed by atoms with Gasteiger partial charge >= 0.3 is 0 Å². The molecular formula is C15H23NO4S. The topological polar surface area (TPSA) is 66.8 Å². The number of sulfonamides is 1. The van der Waals surface area contributed by atoms with E-state index < -0.39 is 10.0 Å². The van der Waals surface area contributed by atoms with E-state index in [1.807, 2.05) is 0 Å². The van der Waals surface area contributed by atoms with Crippen molar-refractivity contribution in [3.8, 4) is 5.75 Å². The Morgan fingerprint density at radius 1 is 1.29 bits per heavy atom. The minimum absolute atomic E-state index is 0.144. The van der Waals surface area contributed by atoms with E-state index in [4.69, 9.17) is 9.84 Å². The zero-order chi connectivity index (χ0) is 15.6. The van der Waals surface area contributed by atoms with Gasteiger partial charge in [-0.05, 0) is 36.0 Å². The maximum Gasteiger partial charge on any atom is 0.246 e. The van der Waals surface area contributed by atoms with E-state index in [2.05, 4.69) is 13.8 Å². The summed E-state index contributed by atoms with van der Waals surface area (Å²) in [5, 5.41) is 9.15. The summed E-state index contributed by atoms with van der Waals surface area (Å²) >= 11 is 0. The van der Waals surface area contributed by atoms with Crippen LogP contribution < -0.4 is 4.74 Å². The van der Waals surface area contributed by atoms with Gasteiger partial charge in [0.25, 0.3) is 0 Å². The van der Waals surface area contributed by atoms with Gasteiger partial charge in [0.1, 0.15) is 10.6 Å². The van der Waals surface area contributed by atoms with Crippen LogP contribution in [0.25, 0.3) is 0 Å². The molecule has 0 spiro atoms. The summed E-state index contributed by atoms with van der Waals surface area (Å²) in [7, 11) is -2.13. The summed E-state index contributed by atoms with van der Waals surface area (Å²) in [6.07, 6.45) is 1.05. The molecule has 1 fully saturated rings. The third kappa shape index (κ3) is 3.39. The summed E-state index contributed by atoms with van der Waals surface area (Å²) in [6, 6.07) is 4.71. The molecule has 1 saturated heterocycles. The molecule has 2 unspecified atom stereocenters. The van der Waals surface area contributed by atoms with E-state index in [-0.39, 0.29) is 17.3 Å². The first-order valence-electron chi connectivity index (χ1n) is 7.16. The maximum atomic E-state index is 12.8. The Balaban J connectivity index is 2.39. The van der Waals surface area contributed by atoms with Gasteiger partial charge in [-0.25, -0.2) is 8.42 Å². The fraction of sp³-hybridized carbons (Fsp3) is 0.600. The number of methoxy groups -OCH3 is 1. The molecule has 6 heteroatoms. The predicted octanol–water partition coefficient (Wildman–Crippen LogP) is 1.85. The zero-order valence-electron chi connectivity index (χ0n) is 12.7. The van der Waals surface area contributed by atoms with Crippen LogP contribution in [0.4, 0.5) is 0 Å². The van der Waals surface area contributed by atoms with E-state index in [1.54, 1.807) is 16.4 Å². The highest BCUT2D eigenvalue weighted by Crippen LogP contribution is 2.31. The number of aliphatic hydroxyl groups is 1. The summed E-state index contributed by atoms with van der Waals surface area (Å²) < 4.78 is 32.4. The first-order valence-corrected chi connectivity index (χ1v) is 8.60. The third-order valence-electron chi connectivity index (χ3n) is 3.86. The van der Waals surface area contributed by atoms with Crippen LogP contribution in [0.3, 0.4) is 0 Å². The van der Waals surface area contributed by atoms with Gasteiger partial charge in [0, 0.05) is 13.1 Å². The Bertz CT molecular complexity index is 590. The number of hydrogen-bond acceptors (Lipinski definition) is 4. The van der Waals surface area contributed by atoms with Crippen molar-refractivity contribution in [3.63, 3.8) is 0 Å². The van der Waals surface area contributed by atoms with Crippen molar-refractivity contribution in [1.82, 2.24) is 4.31 Å². The lowest BCUT2D eigenvalue weighted by atomic mass is 9.94. The first-order chi connectivity index (χ1) is 9.88. The van der Waals surface area contributed by atoms with E-state index in [0.717, 1.165) is 6.42 Å². The number of hydrogen-bond donors (Lipinski definition) is 1. The molecule has 118 valence electrons. The van der Waals surface area contributed by atoms with Crippen LogP contribution in [0.15, 0.2) is 23.1 Å². The molecular weight excluding hydrogens is 290 g/mol. The Morgan fingerprint density at radius 2 is 1.90 bits per heavy atom. The average molecular weight is 313 g/mol. The van der Waals surface area contributed by atoms with Crippen LogP contribution in [-0.4, -0.2) is 38.0 Å². The summed E-state index contributed by atoms with van der Waals surface area (Å²) in [4.78, 5) is 0.170. The van der Waals surface area contributed by atoms with Gasteiger partial charge in [0.2, 0.25) is 10.0 Å². The summed E-state index contributed by atoms with van der Waals surface area (Å²) in [6.45, 7) is 5.08. The Kier molecular flexibility index (Phi) is 4.91. The molecule has 21 heavy (non-hydrogen) atoms. The second kappa shape index (κ2) is 6.34. The van der Waals surface area contributed by atoms with Gasteiger partial charge in [-0.2, -0.15) is 4.31 Å². The largest absolute Gasteiger partial charge is 0.495 e. The van der Waals surface area contributed by atoms with Crippen molar-refractivity contribution >= 4 is 10.0 Å². The van der Waals surface area contributed by atoms with Crippen molar-refractivity contribution in [2.45, 2.75) is 31.8 Å². The molecule has 5 nitrogen and oxygen atoms in total. The van der Waals surface area contributed by atoms with Gasteiger partial charge in [0.15, 0.2) is 0 Å². The first kappa shape index (κ1) is 16.3. The molecule has 0 radical (unpaired) electrons. The number of piperidine rings is 1. The quantitative estimate of drug-likeness (QED) is 0.921. The number of ether oxygens (including phenoxy) is 1. The standard InChI is InChI=1S/C15H23NO4S/c1-11-6-12(2)9-16(8-11)21(18,19)15-5-4-13(10-17)7-14(15)20-3/h4-5,7,11-12,17H,6,8-10H2,1-3H3. The van der Waals surface area contributed by atoms with Crippen LogP contribution in [0.2, 0.25) is 0 Å². The molecule has 0 amide bonds. The van der Waals surface area contributed by atoms with E-state index >= 15 is 0 Å².